The third-order valence-corrected chi connectivity index (χ3v) is 10.7. The Bertz CT molecular complexity index is 1190. The van der Waals surface area contributed by atoms with Gasteiger partial charge >= 0.3 is 0 Å². The van der Waals surface area contributed by atoms with Crippen molar-refractivity contribution in [1.29, 1.82) is 0 Å². The van der Waals surface area contributed by atoms with E-state index in [9.17, 15) is 18.0 Å². The Morgan fingerprint density at radius 2 is 1.88 bits per heavy atom. The number of amides is 1. The first-order chi connectivity index (χ1) is 15.6. The van der Waals surface area contributed by atoms with Crippen LogP contribution in [0.2, 0.25) is 0 Å². The Hall–Kier alpha value is -1.78. The Morgan fingerprint density at radius 1 is 1.18 bits per heavy atom. The van der Waals surface area contributed by atoms with Gasteiger partial charge in [-0.05, 0) is 43.9 Å². The van der Waals surface area contributed by atoms with E-state index in [-0.39, 0.29) is 28.8 Å². The second kappa shape index (κ2) is 9.46. The molecule has 2 fully saturated rings. The highest BCUT2D eigenvalue weighted by molar-refractivity contribution is 7.89. The van der Waals surface area contributed by atoms with Crippen LogP contribution in [0.5, 0.6) is 0 Å². The average Bonchev–Trinajstić information content (AvgIpc) is 3.11. The lowest BCUT2D eigenvalue weighted by Gasteiger charge is -2.34. The van der Waals surface area contributed by atoms with Crippen LogP contribution in [-0.4, -0.2) is 47.3 Å². The van der Waals surface area contributed by atoms with E-state index in [1.807, 2.05) is 0 Å². The van der Waals surface area contributed by atoms with E-state index in [4.69, 9.17) is 0 Å². The van der Waals surface area contributed by atoms with E-state index < -0.39 is 15.6 Å². The lowest BCUT2D eigenvalue weighted by atomic mass is 9.78. The quantitative estimate of drug-likeness (QED) is 0.688. The van der Waals surface area contributed by atoms with Crippen LogP contribution in [0.25, 0.3) is 10.2 Å². The number of nitrogens with zero attached hydrogens (tertiary/aromatic N) is 3. The van der Waals surface area contributed by atoms with Gasteiger partial charge in [0, 0.05) is 24.0 Å². The van der Waals surface area contributed by atoms with Gasteiger partial charge in [0.15, 0.2) is 0 Å². The minimum Gasteiger partial charge on any atom is -0.352 e. The van der Waals surface area contributed by atoms with Crippen molar-refractivity contribution < 1.29 is 13.2 Å². The zero-order valence-electron chi connectivity index (χ0n) is 19.8. The van der Waals surface area contributed by atoms with Gasteiger partial charge in [0.2, 0.25) is 15.9 Å². The highest BCUT2D eigenvalue weighted by Gasteiger charge is 2.34. The summed E-state index contributed by atoms with van der Waals surface area (Å²) in [7, 11) is -3.81. The zero-order chi connectivity index (χ0) is 23.9. The Kier molecular flexibility index (Phi) is 6.98. The van der Waals surface area contributed by atoms with Gasteiger partial charge in [0.25, 0.3) is 5.56 Å². The largest absolute Gasteiger partial charge is 0.352 e. The first-order valence-corrected chi connectivity index (χ1v) is 14.1. The number of nitrogens with one attached hydrogen (secondary N) is 1. The van der Waals surface area contributed by atoms with Crippen LogP contribution in [0.4, 0.5) is 0 Å². The van der Waals surface area contributed by atoms with E-state index in [1.54, 1.807) is 6.92 Å². The standard InChI is InChI=1S/C23H34N4O4S2/c1-14-8-10-27(11-9-14)33(30,31)21-17(4)32-22-20(21)23(29)26(13-24-22)12-19(28)25-18-7-5-6-15(2)16(18)3/h13-16,18H,5-12H2,1-4H3,(H,25,28)/t15-,16+,18-/m1/s1. The number of piperidine rings is 1. The van der Waals surface area contributed by atoms with Gasteiger partial charge in [0.05, 0.1) is 11.7 Å². The fraction of sp³-hybridized carbons (Fsp3) is 0.696. The van der Waals surface area contributed by atoms with Gasteiger partial charge in [-0.1, -0.05) is 33.6 Å². The number of rotatable bonds is 5. The van der Waals surface area contributed by atoms with Crippen LogP contribution in [0.15, 0.2) is 16.0 Å². The smallest absolute Gasteiger partial charge is 0.263 e. The topological polar surface area (TPSA) is 101 Å². The molecule has 0 spiro atoms. The SMILES string of the molecule is Cc1sc2ncn(CC(=O)N[C@@H]3CCC[C@@H](C)[C@@H]3C)c(=O)c2c1S(=O)(=O)N1CCC(C)CC1. The highest BCUT2D eigenvalue weighted by Crippen LogP contribution is 2.34. The first-order valence-electron chi connectivity index (χ1n) is 11.9. The van der Waals surface area contributed by atoms with E-state index >= 15 is 0 Å². The second-order valence-electron chi connectivity index (χ2n) is 9.87. The number of hydrogen-bond acceptors (Lipinski definition) is 6. The molecule has 1 saturated heterocycles. The number of hydrogen-bond donors (Lipinski definition) is 1. The molecule has 0 radical (unpaired) electrons. The molecular weight excluding hydrogens is 460 g/mol. The second-order valence-corrected chi connectivity index (χ2v) is 13.0. The van der Waals surface area contributed by atoms with Crippen LogP contribution in [-0.2, 0) is 21.4 Å². The predicted molar refractivity (Wildman–Crippen MR) is 130 cm³/mol. The fourth-order valence-electron chi connectivity index (χ4n) is 5.08. The molecule has 3 heterocycles. The van der Waals surface area contributed by atoms with Crippen LogP contribution >= 0.6 is 11.3 Å². The molecule has 0 bridgehead atoms. The molecule has 2 aliphatic rings. The van der Waals surface area contributed by atoms with Crippen molar-refractivity contribution in [1.82, 2.24) is 19.2 Å². The summed E-state index contributed by atoms with van der Waals surface area (Å²) in [6, 6.07) is 0.0921. The summed E-state index contributed by atoms with van der Waals surface area (Å²) in [5, 5.41) is 3.18. The predicted octanol–water partition coefficient (Wildman–Crippen LogP) is 3.13. The molecule has 33 heavy (non-hydrogen) atoms. The highest BCUT2D eigenvalue weighted by atomic mass is 32.2. The van der Waals surface area contributed by atoms with Crippen molar-refractivity contribution in [2.45, 2.75) is 77.3 Å². The molecule has 4 rings (SSSR count). The molecule has 1 amide bonds. The molecule has 182 valence electrons. The van der Waals surface area contributed by atoms with Crippen LogP contribution in [0.3, 0.4) is 0 Å². The summed E-state index contributed by atoms with van der Waals surface area (Å²) in [4.78, 5) is 31.5. The summed E-state index contributed by atoms with van der Waals surface area (Å²) >= 11 is 1.21. The number of fused-ring (bicyclic) bond motifs is 1. The molecular formula is C23H34N4O4S2. The molecule has 1 N–H and O–H groups in total. The molecule has 1 aliphatic carbocycles. The van der Waals surface area contributed by atoms with Crippen molar-refractivity contribution in [3.63, 3.8) is 0 Å². The number of aryl methyl sites for hydroxylation is 1. The summed E-state index contributed by atoms with van der Waals surface area (Å²) in [5.74, 6) is 1.17. The van der Waals surface area contributed by atoms with Gasteiger partial charge < -0.3 is 5.32 Å². The molecule has 3 atom stereocenters. The molecule has 0 aromatic carbocycles. The van der Waals surface area contributed by atoms with Crippen molar-refractivity contribution in [3.05, 3.63) is 21.6 Å². The van der Waals surface area contributed by atoms with Crippen LogP contribution < -0.4 is 10.9 Å². The summed E-state index contributed by atoms with van der Waals surface area (Å²) in [6.45, 7) is 8.93. The first kappa shape index (κ1) is 24.3. The van der Waals surface area contributed by atoms with Gasteiger partial charge in [-0.2, -0.15) is 4.31 Å². The Morgan fingerprint density at radius 3 is 2.58 bits per heavy atom. The van der Waals surface area contributed by atoms with Gasteiger partial charge in [-0.3, -0.25) is 14.2 Å². The number of carbonyl (C=O) groups excluding carboxylic acids is 1. The van der Waals surface area contributed by atoms with Crippen LogP contribution in [0.1, 0.15) is 57.8 Å². The van der Waals surface area contributed by atoms with Gasteiger partial charge in [-0.25, -0.2) is 13.4 Å². The van der Waals surface area contributed by atoms with Crippen molar-refractivity contribution in [3.8, 4) is 0 Å². The van der Waals surface area contributed by atoms with Gasteiger partial charge in [0.1, 0.15) is 16.3 Å². The summed E-state index contributed by atoms with van der Waals surface area (Å²) in [6.07, 6.45) is 6.14. The molecule has 1 saturated carbocycles. The van der Waals surface area contributed by atoms with Crippen molar-refractivity contribution in [2.75, 3.05) is 13.1 Å². The Labute approximate surface area is 199 Å². The summed E-state index contributed by atoms with van der Waals surface area (Å²) < 4.78 is 29.7. The third-order valence-electron chi connectivity index (χ3n) is 7.51. The molecule has 1 aliphatic heterocycles. The van der Waals surface area contributed by atoms with Crippen molar-refractivity contribution >= 4 is 37.5 Å². The van der Waals surface area contributed by atoms with E-state index in [1.165, 1.54) is 26.5 Å². The third kappa shape index (κ3) is 4.74. The Balaban J connectivity index is 1.62. The van der Waals surface area contributed by atoms with E-state index in [0.29, 0.717) is 40.6 Å². The molecule has 10 heteroatoms. The normalized spacial score (nSPS) is 25.4. The van der Waals surface area contributed by atoms with Gasteiger partial charge in [-0.15, -0.1) is 11.3 Å². The van der Waals surface area contributed by atoms with Crippen molar-refractivity contribution in [2.24, 2.45) is 17.8 Å². The zero-order valence-corrected chi connectivity index (χ0v) is 21.5. The number of thiophene rings is 1. The lowest BCUT2D eigenvalue weighted by Crippen LogP contribution is -2.45. The maximum Gasteiger partial charge on any atom is 0.263 e. The number of carbonyl (C=O) groups is 1. The van der Waals surface area contributed by atoms with E-state index in [0.717, 1.165) is 32.1 Å². The molecule has 2 aromatic rings. The average molecular weight is 495 g/mol. The minimum absolute atomic E-state index is 0.0547. The number of aromatic nitrogens is 2. The fourth-order valence-corrected chi connectivity index (χ4v) is 8.22. The minimum atomic E-state index is -3.81. The van der Waals surface area contributed by atoms with Crippen LogP contribution in [0, 0.1) is 24.7 Å². The lowest BCUT2D eigenvalue weighted by molar-refractivity contribution is -0.123. The molecule has 8 nitrogen and oxygen atoms in total. The van der Waals surface area contributed by atoms with E-state index in [2.05, 4.69) is 31.1 Å². The monoisotopic (exact) mass is 494 g/mol. The summed E-state index contributed by atoms with van der Waals surface area (Å²) in [5.41, 5.74) is -0.478. The molecule has 0 unspecified atom stereocenters. The number of sulfonamides is 1. The molecule has 2 aromatic heterocycles. The maximum atomic E-state index is 13.5. The maximum absolute atomic E-state index is 13.5.